The minimum absolute atomic E-state index is 0.159. The number of hydrogen-bond donors (Lipinski definition) is 0. The molecule has 0 aromatic heterocycles. The number of carbonyl (C=O) groups excluding carboxylic acids is 2. The molecule has 198 valence electrons. The number of ether oxygens (including phenoxy) is 2. The van der Waals surface area contributed by atoms with Gasteiger partial charge in [0.05, 0.1) is 0 Å². The van der Waals surface area contributed by atoms with Crippen LogP contribution in [-0.4, -0.2) is 36.5 Å². The second-order valence-corrected chi connectivity index (χ2v) is 10.6. The van der Waals surface area contributed by atoms with Crippen molar-refractivity contribution in [3.63, 3.8) is 0 Å². The molecular weight excluding hydrogens is 438 g/mol. The maximum atomic E-state index is 14.1. The molecule has 2 saturated carbocycles. The molecule has 0 aromatic rings. The molecule has 0 N–H and O–H groups in total. The van der Waals surface area contributed by atoms with E-state index in [0.29, 0.717) is 11.8 Å². The first-order valence-electron chi connectivity index (χ1n) is 14.1. The molecule has 34 heavy (non-hydrogen) atoms. The van der Waals surface area contributed by atoms with E-state index in [1.165, 1.54) is 0 Å². The Morgan fingerprint density at radius 2 is 0.971 bits per heavy atom. The number of carbonyl (C=O) groups is 2. The molecule has 4 nitrogen and oxygen atoms in total. The van der Waals surface area contributed by atoms with Gasteiger partial charge in [0.15, 0.2) is 12.3 Å². The van der Waals surface area contributed by atoms with Crippen LogP contribution in [0.15, 0.2) is 0 Å². The third kappa shape index (κ3) is 10.6. The zero-order valence-electron chi connectivity index (χ0n) is 21.6. The van der Waals surface area contributed by atoms with Gasteiger partial charge in [-0.1, -0.05) is 52.4 Å². The van der Waals surface area contributed by atoms with Gasteiger partial charge in [0, 0.05) is 0 Å². The lowest BCUT2D eigenvalue weighted by atomic mass is 9.72. The second-order valence-electron chi connectivity index (χ2n) is 10.6. The van der Waals surface area contributed by atoms with Crippen molar-refractivity contribution in [1.82, 2.24) is 0 Å². The normalized spacial score (nSPS) is 27.1. The van der Waals surface area contributed by atoms with Crippen LogP contribution in [0.5, 0.6) is 0 Å². The molecule has 2 atom stereocenters. The maximum Gasteiger partial charge on any atom is 0.340 e. The number of alkyl halides is 2. The molecule has 0 saturated heterocycles. The quantitative estimate of drug-likeness (QED) is 0.175. The molecular formula is C28H48F2O4. The van der Waals surface area contributed by atoms with Crippen molar-refractivity contribution >= 4 is 11.9 Å². The number of esters is 2. The number of rotatable bonds is 15. The summed E-state index contributed by atoms with van der Waals surface area (Å²) in [6.45, 7) is 4.21. The standard InChI is InChI=1S/C28H48F2O4/c1-3-5-7-9-11-25(29)27(31)33-23-17-13-21(14-18-23)22-15-19-24(20-16-22)34-28(32)26(30)12-10-8-6-4-2/h21-26H,3-20H2,1-2H3/t21?,22?,23?,24?,25-,26-/m0/s1. The van der Waals surface area contributed by atoms with Crippen molar-refractivity contribution in [1.29, 1.82) is 0 Å². The summed E-state index contributed by atoms with van der Waals surface area (Å²) in [5.41, 5.74) is 0. The van der Waals surface area contributed by atoms with Crippen LogP contribution in [0.1, 0.15) is 129 Å². The number of hydrogen-bond acceptors (Lipinski definition) is 4. The monoisotopic (exact) mass is 486 g/mol. The Morgan fingerprint density at radius 1 is 0.618 bits per heavy atom. The zero-order chi connectivity index (χ0) is 24.8. The van der Waals surface area contributed by atoms with Crippen LogP contribution < -0.4 is 0 Å². The highest BCUT2D eigenvalue weighted by atomic mass is 19.1. The van der Waals surface area contributed by atoms with Crippen LogP contribution in [0, 0.1) is 11.8 Å². The fourth-order valence-corrected chi connectivity index (χ4v) is 5.57. The van der Waals surface area contributed by atoms with Gasteiger partial charge in [0.25, 0.3) is 0 Å². The van der Waals surface area contributed by atoms with Crippen LogP contribution >= 0.6 is 0 Å². The van der Waals surface area contributed by atoms with Crippen LogP contribution in [0.2, 0.25) is 0 Å². The summed E-state index contributed by atoms with van der Waals surface area (Å²) in [5.74, 6) is -0.207. The van der Waals surface area contributed by atoms with Gasteiger partial charge in [0.1, 0.15) is 12.2 Å². The Kier molecular flexibility index (Phi) is 14.1. The first-order chi connectivity index (χ1) is 16.4. The van der Waals surface area contributed by atoms with E-state index in [4.69, 9.17) is 9.47 Å². The van der Waals surface area contributed by atoms with E-state index >= 15 is 0 Å². The minimum atomic E-state index is -1.49. The lowest BCUT2D eigenvalue weighted by molar-refractivity contribution is -0.159. The SMILES string of the molecule is CCCCCC[C@H](F)C(=O)OC1CCC(C2CCC(OC(=O)[C@@H](F)CCCCCC)CC2)CC1. The Hall–Kier alpha value is -1.20. The zero-order valence-corrected chi connectivity index (χ0v) is 21.6. The molecule has 0 aromatic carbocycles. The summed E-state index contributed by atoms with van der Waals surface area (Å²) in [4.78, 5) is 24.1. The molecule has 0 amide bonds. The van der Waals surface area contributed by atoms with Gasteiger partial charge in [-0.15, -0.1) is 0 Å². The van der Waals surface area contributed by atoms with Crippen LogP contribution in [0.4, 0.5) is 8.78 Å². The predicted octanol–water partition coefficient (Wildman–Crippen LogP) is 7.81. The molecule has 0 spiro atoms. The summed E-state index contributed by atoms with van der Waals surface area (Å²) < 4.78 is 39.1. The van der Waals surface area contributed by atoms with Gasteiger partial charge in [-0.25, -0.2) is 18.4 Å². The molecule has 0 heterocycles. The lowest BCUT2D eigenvalue weighted by Crippen LogP contribution is -2.34. The van der Waals surface area contributed by atoms with Crippen molar-refractivity contribution in [2.75, 3.05) is 0 Å². The van der Waals surface area contributed by atoms with E-state index in [2.05, 4.69) is 13.8 Å². The van der Waals surface area contributed by atoms with E-state index in [0.717, 1.165) is 103 Å². The Bertz CT molecular complexity index is 519. The summed E-state index contributed by atoms with van der Waals surface area (Å²) in [6.07, 6.45) is 12.1. The average Bonchev–Trinajstić information content (AvgIpc) is 2.85. The van der Waals surface area contributed by atoms with E-state index in [9.17, 15) is 18.4 Å². The largest absolute Gasteiger partial charge is 0.460 e. The highest BCUT2D eigenvalue weighted by Gasteiger charge is 2.34. The van der Waals surface area contributed by atoms with Gasteiger partial charge in [-0.05, 0) is 88.9 Å². The number of unbranched alkanes of at least 4 members (excludes halogenated alkanes) is 6. The highest BCUT2D eigenvalue weighted by Crippen LogP contribution is 2.39. The molecule has 2 fully saturated rings. The van der Waals surface area contributed by atoms with E-state index in [-0.39, 0.29) is 25.0 Å². The molecule has 6 heteroatoms. The smallest absolute Gasteiger partial charge is 0.340 e. The fraction of sp³-hybridized carbons (Fsp3) is 0.929. The summed E-state index contributed by atoms with van der Waals surface area (Å²) in [6, 6.07) is 0. The van der Waals surface area contributed by atoms with E-state index < -0.39 is 24.3 Å². The number of halogens is 2. The van der Waals surface area contributed by atoms with Gasteiger partial charge in [-0.3, -0.25) is 0 Å². The predicted molar refractivity (Wildman–Crippen MR) is 131 cm³/mol. The third-order valence-corrected chi connectivity index (χ3v) is 7.80. The fourth-order valence-electron chi connectivity index (χ4n) is 5.57. The van der Waals surface area contributed by atoms with Crippen molar-refractivity contribution < 1.29 is 27.8 Å². The van der Waals surface area contributed by atoms with Gasteiger partial charge in [0.2, 0.25) is 0 Å². The molecule has 0 radical (unpaired) electrons. The lowest BCUT2D eigenvalue weighted by Gasteiger charge is -2.37. The summed E-state index contributed by atoms with van der Waals surface area (Å²) in [5, 5.41) is 0. The van der Waals surface area contributed by atoms with E-state index in [1.807, 2.05) is 0 Å². The van der Waals surface area contributed by atoms with Crippen molar-refractivity contribution in [3.05, 3.63) is 0 Å². The van der Waals surface area contributed by atoms with Crippen molar-refractivity contribution in [2.24, 2.45) is 11.8 Å². The first-order valence-corrected chi connectivity index (χ1v) is 14.1. The van der Waals surface area contributed by atoms with Crippen LogP contribution in [-0.2, 0) is 19.1 Å². The van der Waals surface area contributed by atoms with Crippen molar-refractivity contribution in [3.8, 4) is 0 Å². The van der Waals surface area contributed by atoms with E-state index in [1.54, 1.807) is 0 Å². The minimum Gasteiger partial charge on any atom is -0.460 e. The third-order valence-electron chi connectivity index (χ3n) is 7.80. The summed E-state index contributed by atoms with van der Waals surface area (Å²) >= 11 is 0. The Morgan fingerprint density at radius 3 is 1.29 bits per heavy atom. The summed E-state index contributed by atoms with van der Waals surface area (Å²) in [7, 11) is 0. The van der Waals surface area contributed by atoms with Crippen molar-refractivity contribution in [2.45, 2.75) is 154 Å². The maximum absolute atomic E-state index is 14.1. The highest BCUT2D eigenvalue weighted by molar-refractivity contribution is 5.75. The topological polar surface area (TPSA) is 52.6 Å². The van der Waals surface area contributed by atoms with Crippen LogP contribution in [0.25, 0.3) is 0 Å². The molecule has 2 aliphatic carbocycles. The molecule has 0 aliphatic heterocycles. The molecule has 2 rings (SSSR count). The average molecular weight is 487 g/mol. The first kappa shape index (κ1) is 29.0. The molecule has 0 unspecified atom stereocenters. The van der Waals surface area contributed by atoms with Gasteiger partial charge in [-0.2, -0.15) is 0 Å². The van der Waals surface area contributed by atoms with Crippen LogP contribution in [0.3, 0.4) is 0 Å². The molecule has 0 bridgehead atoms. The van der Waals surface area contributed by atoms with Gasteiger partial charge < -0.3 is 9.47 Å². The second kappa shape index (κ2) is 16.5. The Labute approximate surface area is 205 Å². The Balaban J connectivity index is 1.60. The van der Waals surface area contributed by atoms with Gasteiger partial charge >= 0.3 is 11.9 Å². The molecule has 2 aliphatic rings.